The minimum atomic E-state index is -1.10. The standard InChI is InChI=1S/C16H23NO4/c1-16(20)9-10-17(11-14(16)18)15(19)8-7-12-5-3-4-6-13(12)21-2/h3-6,14,18,20H,7-11H2,1-2H3/t14-,16-/m1/s1. The van der Waals surface area contributed by atoms with Crippen molar-refractivity contribution in [1.29, 1.82) is 0 Å². The van der Waals surface area contributed by atoms with Crippen LogP contribution in [-0.4, -0.2) is 52.9 Å². The van der Waals surface area contributed by atoms with Crippen molar-refractivity contribution in [3.8, 4) is 5.75 Å². The number of β-amino-alcohol motifs (C(OH)–C–C–N with tert-alkyl or cyclic N) is 1. The number of amides is 1. The van der Waals surface area contributed by atoms with Crippen LogP contribution in [0.15, 0.2) is 24.3 Å². The van der Waals surface area contributed by atoms with Crippen molar-refractivity contribution in [2.24, 2.45) is 0 Å². The highest BCUT2D eigenvalue weighted by molar-refractivity contribution is 5.76. The molecule has 1 aromatic rings. The molecule has 0 bridgehead atoms. The normalized spacial score (nSPS) is 25.7. The van der Waals surface area contributed by atoms with E-state index < -0.39 is 11.7 Å². The van der Waals surface area contributed by atoms with Crippen molar-refractivity contribution in [3.63, 3.8) is 0 Å². The van der Waals surface area contributed by atoms with Crippen molar-refractivity contribution < 1.29 is 19.7 Å². The van der Waals surface area contributed by atoms with Crippen LogP contribution in [0.25, 0.3) is 0 Å². The highest BCUT2D eigenvalue weighted by atomic mass is 16.5. The fraction of sp³-hybridized carbons (Fsp3) is 0.562. The van der Waals surface area contributed by atoms with E-state index in [-0.39, 0.29) is 12.5 Å². The molecule has 0 unspecified atom stereocenters. The van der Waals surface area contributed by atoms with Gasteiger partial charge in [-0.25, -0.2) is 0 Å². The average molecular weight is 293 g/mol. The summed E-state index contributed by atoms with van der Waals surface area (Å²) in [6.07, 6.45) is 0.483. The first-order valence-electron chi connectivity index (χ1n) is 7.24. The molecule has 1 heterocycles. The van der Waals surface area contributed by atoms with E-state index in [1.807, 2.05) is 24.3 Å². The predicted molar refractivity (Wildman–Crippen MR) is 79.1 cm³/mol. The van der Waals surface area contributed by atoms with Gasteiger partial charge in [0.15, 0.2) is 0 Å². The lowest BCUT2D eigenvalue weighted by Crippen LogP contribution is -2.55. The number of hydrogen-bond donors (Lipinski definition) is 2. The number of aliphatic hydroxyl groups excluding tert-OH is 1. The number of hydrogen-bond acceptors (Lipinski definition) is 4. The maximum absolute atomic E-state index is 12.2. The molecule has 0 radical (unpaired) electrons. The van der Waals surface area contributed by atoms with E-state index in [0.717, 1.165) is 11.3 Å². The number of piperidine rings is 1. The molecular formula is C16H23NO4. The minimum Gasteiger partial charge on any atom is -0.496 e. The molecule has 116 valence electrons. The fourth-order valence-corrected chi connectivity index (χ4v) is 2.56. The Bertz CT molecular complexity index is 501. The molecule has 1 aromatic carbocycles. The summed E-state index contributed by atoms with van der Waals surface area (Å²) in [5.74, 6) is 0.780. The number of carbonyl (C=O) groups excluding carboxylic acids is 1. The number of aryl methyl sites for hydroxylation is 1. The van der Waals surface area contributed by atoms with Gasteiger partial charge in [0.25, 0.3) is 0 Å². The lowest BCUT2D eigenvalue weighted by molar-refractivity contribution is -0.146. The number of aliphatic hydroxyl groups is 2. The molecule has 5 nitrogen and oxygen atoms in total. The highest BCUT2D eigenvalue weighted by Crippen LogP contribution is 2.23. The van der Waals surface area contributed by atoms with Gasteiger partial charge in [-0.05, 0) is 31.4 Å². The lowest BCUT2D eigenvalue weighted by Gasteiger charge is -2.40. The van der Waals surface area contributed by atoms with Crippen molar-refractivity contribution in [2.75, 3.05) is 20.2 Å². The van der Waals surface area contributed by atoms with Crippen LogP contribution in [0.4, 0.5) is 0 Å². The molecule has 0 aliphatic carbocycles. The van der Waals surface area contributed by atoms with Crippen LogP contribution in [0, 0.1) is 0 Å². The molecule has 1 fully saturated rings. The zero-order chi connectivity index (χ0) is 15.5. The summed E-state index contributed by atoms with van der Waals surface area (Å²) in [5, 5.41) is 19.8. The van der Waals surface area contributed by atoms with Crippen LogP contribution in [-0.2, 0) is 11.2 Å². The monoisotopic (exact) mass is 293 g/mol. The van der Waals surface area contributed by atoms with Gasteiger partial charge in [0, 0.05) is 19.5 Å². The molecule has 1 aliphatic heterocycles. The molecule has 0 saturated carbocycles. The zero-order valence-corrected chi connectivity index (χ0v) is 12.6. The number of methoxy groups -OCH3 is 1. The molecule has 2 rings (SSSR count). The Kier molecular flexibility index (Phi) is 4.85. The summed E-state index contributed by atoms with van der Waals surface area (Å²) in [4.78, 5) is 13.8. The maximum atomic E-state index is 12.2. The zero-order valence-electron chi connectivity index (χ0n) is 12.6. The third-order valence-corrected chi connectivity index (χ3v) is 4.15. The molecular weight excluding hydrogens is 270 g/mol. The summed E-state index contributed by atoms with van der Waals surface area (Å²) < 4.78 is 5.27. The van der Waals surface area contributed by atoms with Crippen molar-refractivity contribution >= 4 is 5.91 Å². The quantitative estimate of drug-likeness (QED) is 0.868. The molecule has 2 atom stereocenters. The fourth-order valence-electron chi connectivity index (χ4n) is 2.56. The number of carbonyl (C=O) groups is 1. The summed E-state index contributed by atoms with van der Waals surface area (Å²) in [6, 6.07) is 7.64. The van der Waals surface area contributed by atoms with Gasteiger partial charge in [0.05, 0.1) is 18.8 Å². The number of benzene rings is 1. The Labute approximate surface area is 125 Å². The van der Waals surface area contributed by atoms with Crippen molar-refractivity contribution in [3.05, 3.63) is 29.8 Å². The second-order valence-electron chi connectivity index (χ2n) is 5.77. The van der Waals surface area contributed by atoms with Gasteiger partial charge in [0.2, 0.25) is 5.91 Å². The number of ether oxygens (including phenoxy) is 1. The first-order chi connectivity index (χ1) is 9.94. The van der Waals surface area contributed by atoms with E-state index in [1.54, 1.807) is 18.9 Å². The van der Waals surface area contributed by atoms with Gasteiger partial charge in [0.1, 0.15) is 5.75 Å². The second kappa shape index (κ2) is 6.45. The smallest absolute Gasteiger partial charge is 0.222 e. The van der Waals surface area contributed by atoms with Gasteiger partial charge in [-0.1, -0.05) is 18.2 Å². The van der Waals surface area contributed by atoms with E-state index in [2.05, 4.69) is 0 Å². The summed E-state index contributed by atoms with van der Waals surface area (Å²) >= 11 is 0. The minimum absolute atomic E-state index is 0.00421. The summed E-state index contributed by atoms with van der Waals surface area (Å²) in [7, 11) is 1.61. The summed E-state index contributed by atoms with van der Waals surface area (Å²) in [6.45, 7) is 2.28. The molecule has 2 N–H and O–H groups in total. The maximum Gasteiger partial charge on any atom is 0.222 e. The van der Waals surface area contributed by atoms with Crippen LogP contribution < -0.4 is 4.74 Å². The molecule has 0 spiro atoms. The number of rotatable bonds is 4. The van der Waals surface area contributed by atoms with Gasteiger partial charge in [-0.3, -0.25) is 4.79 Å². The van der Waals surface area contributed by atoms with E-state index in [1.165, 1.54) is 0 Å². The first-order valence-corrected chi connectivity index (χ1v) is 7.24. The molecule has 5 heteroatoms. The van der Waals surface area contributed by atoms with Crippen LogP contribution in [0.1, 0.15) is 25.3 Å². The summed E-state index contributed by atoms with van der Waals surface area (Å²) in [5.41, 5.74) is -0.0997. The number of likely N-dealkylation sites (tertiary alicyclic amines) is 1. The lowest BCUT2D eigenvalue weighted by atomic mass is 9.90. The van der Waals surface area contributed by atoms with E-state index in [0.29, 0.717) is 25.8 Å². The van der Waals surface area contributed by atoms with Crippen LogP contribution in [0.3, 0.4) is 0 Å². The van der Waals surface area contributed by atoms with E-state index in [4.69, 9.17) is 4.74 Å². The topological polar surface area (TPSA) is 70.0 Å². The van der Waals surface area contributed by atoms with E-state index >= 15 is 0 Å². The Morgan fingerprint density at radius 1 is 1.48 bits per heavy atom. The van der Waals surface area contributed by atoms with Crippen molar-refractivity contribution in [1.82, 2.24) is 4.90 Å². The highest BCUT2D eigenvalue weighted by Gasteiger charge is 2.37. The largest absolute Gasteiger partial charge is 0.496 e. The number of nitrogens with zero attached hydrogens (tertiary/aromatic N) is 1. The molecule has 1 saturated heterocycles. The van der Waals surface area contributed by atoms with Gasteiger partial charge < -0.3 is 19.8 Å². The Morgan fingerprint density at radius 2 is 2.19 bits per heavy atom. The third kappa shape index (κ3) is 3.74. The SMILES string of the molecule is COc1ccccc1CCC(=O)N1CC[C@@](C)(O)[C@H](O)C1. The average Bonchev–Trinajstić information content (AvgIpc) is 2.48. The Balaban J connectivity index is 1.91. The predicted octanol–water partition coefficient (Wildman–Crippen LogP) is 0.972. The molecule has 21 heavy (non-hydrogen) atoms. The van der Waals surface area contributed by atoms with Crippen LogP contribution in [0.5, 0.6) is 5.75 Å². The Morgan fingerprint density at radius 3 is 2.86 bits per heavy atom. The third-order valence-electron chi connectivity index (χ3n) is 4.15. The van der Waals surface area contributed by atoms with E-state index in [9.17, 15) is 15.0 Å². The number of para-hydroxylation sites is 1. The Hall–Kier alpha value is -1.59. The van der Waals surface area contributed by atoms with Crippen molar-refractivity contribution in [2.45, 2.75) is 37.9 Å². The molecule has 0 aromatic heterocycles. The van der Waals surface area contributed by atoms with Crippen LogP contribution in [0.2, 0.25) is 0 Å². The van der Waals surface area contributed by atoms with Gasteiger partial charge in [-0.2, -0.15) is 0 Å². The van der Waals surface area contributed by atoms with Gasteiger partial charge in [-0.15, -0.1) is 0 Å². The van der Waals surface area contributed by atoms with Gasteiger partial charge >= 0.3 is 0 Å². The molecule has 1 amide bonds. The second-order valence-corrected chi connectivity index (χ2v) is 5.77. The van der Waals surface area contributed by atoms with Crippen LogP contribution >= 0.6 is 0 Å². The first kappa shape index (κ1) is 15.8. The molecule has 1 aliphatic rings.